The quantitative estimate of drug-likeness (QED) is 0.747. The summed E-state index contributed by atoms with van der Waals surface area (Å²) in [5, 5.41) is 5.78. The molecule has 0 atom stereocenters. The second kappa shape index (κ2) is 7.23. The molecule has 140 valence electrons. The number of carbonyl (C=O) groups excluding carboxylic acids is 2. The third kappa shape index (κ3) is 4.34. The van der Waals surface area contributed by atoms with Gasteiger partial charge < -0.3 is 10.6 Å². The molecule has 2 heterocycles. The topological polar surface area (TPSA) is 75.5 Å². The molecule has 0 aliphatic carbocycles. The molecule has 0 fully saturated rings. The van der Waals surface area contributed by atoms with E-state index in [9.17, 15) is 9.59 Å². The molecule has 0 saturated carbocycles. The fourth-order valence-corrected chi connectivity index (χ4v) is 2.85. The van der Waals surface area contributed by atoms with Crippen molar-refractivity contribution in [1.29, 1.82) is 0 Å². The van der Waals surface area contributed by atoms with Crippen LogP contribution in [0.4, 0.5) is 0 Å². The summed E-state index contributed by atoms with van der Waals surface area (Å²) in [5.74, 6) is -0.433. The number of carbonyl (C=O) groups is 2. The number of aromatic nitrogens is 2. The molecule has 0 aliphatic rings. The summed E-state index contributed by atoms with van der Waals surface area (Å²) >= 11 is 0. The molecule has 2 amide bonds. The van der Waals surface area contributed by atoms with Crippen molar-refractivity contribution in [3.05, 3.63) is 71.3 Å². The molecule has 3 aromatic rings. The van der Waals surface area contributed by atoms with Crippen LogP contribution >= 0.6 is 0 Å². The third-order valence-electron chi connectivity index (χ3n) is 3.99. The first-order valence-corrected chi connectivity index (χ1v) is 8.88. The lowest BCUT2D eigenvalue weighted by Crippen LogP contribution is -2.41. The normalized spacial score (nSPS) is 11.4. The van der Waals surface area contributed by atoms with E-state index < -0.39 is 5.54 Å². The molecule has 2 N–H and O–H groups in total. The van der Waals surface area contributed by atoms with Gasteiger partial charge in [0.25, 0.3) is 11.8 Å². The monoisotopic (exact) mass is 364 g/mol. The molecule has 6 nitrogen and oxygen atoms in total. The molecule has 0 saturated heterocycles. The van der Waals surface area contributed by atoms with Gasteiger partial charge in [0.15, 0.2) is 5.69 Å². The molecule has 0 spiro atoms. The fraction of sp³-hybridized carbons (Fsp3) is 0.286. The highest BCUT2D eigenvalue weighted by Gasteiger charge is 2.23. The zero-order chi connectivity index (χ0) is 19.6. The standard InChI is InChI=1S/C21H24N4O2/c1-14-8-7-9-15(12-14)13-22-19(26)17-16-10-5-6-11-25(16)18(23-17)20(27)24-21(2,3)4/h5-12H,13H2,1-4H3,(H,22,26)(H,24,27). The lowest BCUT2D eigenvalue weighted by molar-refractivity contribution is 0.0908. The number of hydrogen-bond acceptors (Lipinski definition) is 3. The van der Waals surface area contributed by atoms with Gasteiger partial charge in [0.05, 0.1) is 5.52 Å². The van der Waals surface area contributed by atoms with Gasteiger partial charge in [-0.25, -0.2) is 4.98 Å². The highest BCUT2D eigenvalue weighted by atomic mass is 16.2. The average molecular weight is 364 g/mol. The minimum absolute atomic E-state index is 0.196. The van der Waals surface area contributed by atoms with E-state index in [-0.39, 0.29) is 23.3 Å². The molecule has 0 unspecified atom stereocenters. The highest BCUT2D eigenvalue weighted by Crippen LogP contribution is 2.15. The Labute approximate surface area is 158 Å². The van der Waals surface area contributed by atoms with Crippen LogP contribution in [0.1, 0.15) is 53.0 Å². The van der Waals surface area contributed by atoms with Crippen LogP contribution in [-0.2, 0) is 6.54 Å². The van der Waals surface area contributed by atoms with Crippen molar-refractivity contribution in [3.63, 3.8) is 0 Å². The Morgan fingerprint density at radius 3 is 2.56 bits per heavy atom. The van der Waals surface area contributed by atoms with Crippen LogP contribution in [0.2, 0.25) is 0 Å². The maximum absolute atomic E-state index is 12.7. The molecule has 0 bridgehead atoms. The minimum Gasteiger partial charge on any atom is -0.347 e. The van der Waals surface area contributed by atoms with E-state index in [2.05, 4.69) is 15.6 Å². The Balaban J connectivity index is 1.88. The molecule has 27 heavy (non-hydrogen) atoms. The largest absolute Gasteiger partial charge is 0.347 e. The van der Waals surface area contributed by atoms with Gasteiger partial charge in [-0.1, -0.05) is 35.9 Å². The lowest BCUT2D eigenvalue weighted by Gasteiger charge is -2.19. The number of hydrogen-bond donors (Lipinski definition) is 2. The molecular weight excluding hydrogens is 340 g/mol. The Morgan fingerprint density at radius 2 is 1.85 bits per heavy atom. The van der Waals surface area contributed by atoms with Gasteiger partial charge >= 0.3 is 0 Å². The van der Waals surface area contributed by atoms with Crippen molar-refractivity contribution in [2.45, 2.75) is 39.8 Å². The van der Waals surface area contributed by atoms with Crippen LogP contribution in [0.25, 0.3) is 5.52 Å². The summed E-state index contributed by atoms with van der Waals surface area (Å²) in [7, 11) is 0. The van der Waals surface area contributed by atoms with E-state index in [1.54, 1.807) is 22.7 Å². The Hall–Kier alpha value is -3.15. The van der Waals surface area contributed by atoms with E-state index in [1.807, 2.05) is 58.0 Å². The van der Waals surface area contributed by atoms with Crippen molar-refractivity contribution < 1.29 is 9.59 Å². The van der Waals surface area contributed by atoms with Gasteiger partial charge in [0.1, 0.15) is 0 Å². The maximum Gasteiger partial charge on any atom is 0.288 e. The van der Waals surface area contributed by atoms with Gasteiger partial charge in [0, 0.05) is 18.3 Å². The first kappa shape index (κ1) is 18.6. The number of amides is 2. The van der Waals surface area contributed by atoms with Gasteiger partial charge in [-0.05, 0) is 45.4 Å². The van der Waals surface area contributed by atoms with Gasteiger partial charge in [-0.3, -0.25) is 14.0 Å². The molecule has 3 rings (SSSR count). The van der Waals surface area contributed by atoms with Crippen molar-refractivity contribution in [3.8, 4) is 0 Å². The maximum atomic E-state index is 12.7. The van der Waals surface area contributed by atoms with E-state index in [1.165, 1.54) is 0 Å². The number of pyridine rings is 1. The summed E-state index contributed by atoms with van der Waals surface area (Å²) in [5.41, 5.74) is 2.58. The van der Waals surface area contributed by atoms with Crippen LogP contribution in [0.15, 0.2) is 48.7 Å². The zero-order valence-electron chi connectivity index (χ0n) is 16.0. The van der Waals surface area contributed by atoms with Crippen molar-refractivity contribution in [2.75, 3.05) is 0 Å². The Bertz CT molecular complexity index is 999. The van der Waals surface area contributed by atoms with Crippen LogP contribution in [0, 0.1) is 6.92 Å². The predicted molar refractivity (Wildman–Crippen MR) is 105 cm³/mol. The SMILES string of the molecule is Cc1cccc(CNC(=O)c2nc(C(=O)NC(C)(C)C)n3ccccc23)c1. The predicted octanol–water partition coefficient (Wildman–Crippen LogP) is 3.10. The van der Waals surface area contributed by atoms with Gasteiger partial charge in [-0.15, -0.1) is 0 Å². The summed E-state index contributed by atoms with van der Waals surface area (Å²) in [4.78, 5) is 29.7. The summed E-state index contributed by atoms with van der Waals surface area (Å²) < 4.78 is 1.64. The number of rotatable bonds is 4. The number of benzene rings is 1. The van der Waals surface area contributed by atoms with Crippen LogP contribution in [0.5, 0.6) is 0 Å². The van der Waals surface area contributed by atoms with Gasteiger partial charge in [0.2, 0.25) is 5.82 Å². The lowest BCUT2D eigenvalue weighted by atomic mass is 10.1. The molecule has 0 radical (unpaired) electrons. The Kier molecular flexibility index (Phi) is 4.99. The Morgan fingerprint density at radius 1 is 1.07 bits per heavy atom. The van der Waals surface area contributed by atoms with Crippen LogP contribution in [-0.4, -0.2) is 26.7 Å². The number of imidazole rings is 1. The number of fused-ring (bicyclic) bond motifs is 1. The van der Waals surface area contributed by atoms with E-state index in [4.69, 9.17) is 0 Å². The van der Waals surface area contributed by atoms with E-state index in [0.29, 0.717) is 12.1 Å². The molecule has 0 aliphatic heterocycles. The summed E-state index contributed by atoms with van der Waals surface area (Å²) in [6, 6.07) is 13.3. The minimum atomic E-state index is -0.398. The average Bonchev–Trinajstić information content (AvgIpc) is 2.98. The molecule has 1 aromatic carbocycles. The third-order valence-corrected chi connectivity index (χ3v) is 3.99. The zero-order valence-corrected chi connectivity index (χ0v) is 16.0. The molecule has 6 heteroatoms. The summed E-state index contributed by atoms with van der Waals surface area (Å²) in [6.45, 7) is 8.10. The number of aryl methyl sites for hydroxylation is 1. The second-order valence-corrected chi connectivity index (χ2v) is 7.62. The van der Waals surface area contributed by atoms with Crippen molar-refractivity contribution in [1.82, 2.24) is 20.0 Å². The number of nitrogens with zero attached hydrogens (tertiary/aromatic N) is 2. The first-order valence-electron chi connectivity index (χ1n) is 8.88. The second-order valence-electron chi connectivity index (χ2n) is 7.62. The first-order chi connectivity index (χ1) is 12.7. The van der Waals surface area contributed by atoms with Crippen LogP contribution in [0.3, 0.4) is 0 Å². The highest BCUT2D eigenvalue weighted by molar-refractivity contribution is 6.02. The van der Waals surface area contributed by atoms with Gasteiger partial charge in [-0.2, -0.15) is 0 Å². The molecular formula is C21H24N4O2. The van der Waals surface area contributed by atoms with E-state index in [0.717, 1.165) is 11.1 Å². The smallest absolute Gasteiger partial charge is 0.288 e. The van der Waals surface area contributed by atoms with Crippen molar-refractivity contribution >= 4 is 17.3 Å². The van der Waals surface area contributed by atoms with Crippen LogP contribution < -0.4 is 10.6 Å². The fourth-order valence-electron chi connectivity index (χ4n) is 2.85. The summed E-state index contributed by atoms with van der Waals surface area (Å²) in [6.07, 6.45) is 1.73. The number of nitrogens with one attached hydrogen (secondary N) is 2. The van der Waals surface area contributed by atoms with E-state index >= 15 is 0 Å². The molecule has 2 aromatic heterocycles. The van der Waals surface area contributed by atoms with Crippen molar-refractivity contribution in [2.24, 2.45) is 0 Å².